The maximum Gasteiger partial charge on any atom is 0.389 e. The highest BCUT2D eigenvalue weighted by atomic mass is 19.4. The van der Waals surface area contributed by atoms with Crippen molar-refractivity contribution in [3.8, 4) is 0 Å². The molecule has 2 nitrogen and oxygen atoms in total. The number of hydrogen-bond donors (Lipinski definition) is 1. The minimum absolute atomic E-state index is 0.0488. The first-order valence-electron chi connectivity index (χ1n) is 5.35. The molecule has 0 aromatic rings. The molecule has 0 aromatic carbocycles. The van der Waals surface area contributed by atoms with E-state index in [1.54, 1.807) is 0 Å². The Balaban J connectivity index is 2.27. The van der Waals surface area contributed by atoms with Gasteiger partial charge in [0.25, 0.3) is 0 Å². The van der Waals surface area contributed by atoms with Gasteiger partial charge >= 0.3 is 6.18 Å². The number of aliphatic hydroxyl groups excluding tert-OH is 1. The molecule has 1 heterocycles. The molecule has 0 bridgehead atoms. The summed E-state index contributed by atoms with van der Waals surface area (Å²) in [5.74, 6) is 0.390. The third-order valence-electron chi connectivity index (χ3n) is 3.09. The Morgan fingerprint density at radius 2 is 2.07 bits per heavy atom. The maximum absolute atomic E-state index is 11.9. The van der Waals surface area contributed by atoms with Crippen LogP contribution in [-0.4, -0.2) is 41.9 Å². The van der Waals surface area contributed by atoms with Crippen LogP contribution in [0.5, 0.6) is 0 Å². The Labute approximate surface area is 88.1 Å². The Bertz CT molecular complexity index is 196. The first-order valence-corrected chi connectivity index (χ1v) is 5.35. The number of halogens is 3. The highest BCUT2D eigenvalue weighted by molar-refractivity contribution is 4.83. The predicted molar refractivity (Wildman–Crippen MR) is 51.5 cm³/mol. The van der Waals surface area contributed by atoms with Gasteiger partial charge in [-0.1, -0.05) is 6.92 Å². The summed E-state index contributed by atoms with van der Waals surface area (Å²) in [4.78, 5) is 1.97. The molecule has 0 aliphatic carbocycles. The van der Waals surface area contributed by atoms with Crippen LogP contribution in [0.15, 0.2) is 0 Å². The summed E-state index contributed by atoms with van der Waals surface area (Å²) in [7, 11) is 0. The molecule has 1 aliphatic heterocycles. The van der Waals surface area contributed by atoms with E-state index in [-0.39, 0.29) is 19.1 Å². The van der Waals surface area contributed by atoms with E-state index in [1.165, 1.54) is 0 Å². The largest absolute Gasteiger partial charge is 0.395 e. The zero-order chi connectivity index (χ0) is 11.5. The van der Waals surface area contributed by atoms with Crippen molar-refractivity contribution >= 4 is 0 Å². The molecule has 0 aromatic heterocycles. The fourth-order valence-electron chi connectivity index (χ4n) is 2.14. The summed E-state index contributed by atoms with van der Waals surface area (Å²) in [6, 6.07) is 0.0539. The van der Waals surface area contributed by atoms with Crippen molar-refractivity contribution in [1.29, 1.82) is 0 Å². The minimum atomic E-state index is -4.06. The smallest absolute Gasteiger partial charge is 0.389 e. The van der Waals surface area contributed by atoms with Gasteiger partial charge in [0, 0.05) is 12.5 Å². The van der Waals surface area contributed by atoms with Crippen molar-refractivity contribution < 1.29 is 18.3 Å². The molecule has 0 saturated carbocycles. The summed E-state index contributed by atoms with van der Waals surface area (Å²) in [5.41, 5.74) is 0. The standard InChI is InChI=1S/C10H18F3NO/c1-8-3-6-14(9(8)7-15)5-2-4-10(11,12)13/h8-9,15H,2-7H2,1H3. The van der Waals surface area contributed by atoms with Crippen LogP contribution in [0.2, 0.25) is 0 Å². The van der Waals surface area contributed by atoms with Gasteiger partial charge in [0.15, 0.2) is 0 Å². The second-order valence-corrected chi connectivity index (χ2v) is 4.27. The molecule has 1 fully saturated rings. The number of alkyl halides is 3. The fourth-order valence-corrected chi connectivity index (χ4v) is 2.14. The fraction of sp³-hybridized carbons (Fsp3) is 1.00. The molecule has 2 atom stereocenters. The second-order valence-electron chi connectivity index (χ2n) is 4.27. The third-order valence-corrected chi connectivity index (χ3v) is 3.09. The average Bonchev–Trinajstić information content (AvgIpc) is 2.44. The maximum atomic E-state index is 11.9. The number of nitrogens with zero attached hydrogens (tertiary/aromatic N) is 1. The number of rotatable bonds is 4. The van der Waals surface area contributed by atoms with Crippen molar-refractivity contribution in [2.75, 3.05) is 19.7 Å². The lowest BCUT2D eigenvalue weighted by atomic mass is 10.0. The van der Waals surface area contributed by atoms with E-state index in [9.17, 15) is 13.2 Å². The van der Waals surface area contributed by atoms with Gasteiger partial charge in [-0.05, 0) is 31.8 Å². The summed E-state index contributed by atoms with van der Waals surface area (Å²) in [5, 5.41) is 9.10. The number of hydrogen-bond acceptors (Lipinski definition) is 2. The molecule has 5 heteroatoms. The zero-order valence-corrected chi connectivity index (χ0v) is 8.93. The molecule has 1 N–H and O–H groups in total. The Hall–Kier alpha value is -0.290. The van der Waals surface area contributed by atoms with E-state index in [1.807, 2.05) is 11.8 Å². The van der Waals surface area contributed by atoms with Crippen molar-refractivity contribution in [2.24, 2.45) is 5.92 Å². The van der Waals surface area contributed by atoms with E-state index in [0.717, 1.165) is 13.0 Å². The van der Waals surface area contributed by atoms with Gasteiger partial charge < -0.3 is 5.11 Å². The van der Waals surface area contributed by atoms with Gasteiger partial charge in [-0.15, -0.1) is 0 Å². The Morgan fingerprint density at radius 3 is 2.60 bits per heavy atom. The minimum Gasteiger partial charge on any atom is -0.395 e. The molecule has 0 amide bonds. The van der Waals surface area contributed by atoms with Gasteiger partial charge in [-0.2, -0.15) is 13.2 Å². The highest BCUT2D eigenvalue weighted by Gasteiger charge is 2.31. The average molecular weight is 225 g/mol. The monoisotopic (exact) mass is 225 g/mol. The zero-order valence-electron chi connectivity index (χ0n) is 8.93. The molecule has 15 heavy (non-hydrogen) atoms. The molecule has 1 rings (SSSR count). The van der Waals surface area contributed by atoms with Crippen LogP contribution in [-0.2, 0) is 0 Å². The van der Waals surface area contributed by atoms with Crippen LogP contribution in [0.4, 0.5) is 13.2 Å². The summed E-state index contributed by atoms with van der Waals surface area (Å²) in [6.07, 6.45) is -3.68. The van der Waals surface area contributed by atoms with E-state index < -0.39 is 12.6 Å². The molecule has 1 saturated heterocycles. The first kappa shape index (κ1) is 12.8. The van der Waals surface area contributed by atoms with Crippen LogP contribution in [0.25, 0.3) is 0 Å². The topological polar surface area (TPSA) is 23.5 Å². The lowest BCUT2D eigenvalue weighted by Crippen LogP contribution is -2.36. The normalized spacial score (nSPS) is 28.6. The number of aliphatic hydroxyl groups is 1. The molecule has 2 unspecified atom stereocenters. The van der Waals surface area contributed by atoms with E-state index in [0.29, 0.717) is 12.5 Å². The summed E-state index contributed by atoms with van der Waals surface area (Å²) < 4.78 is 35.8. The van der Waals surface area contributed by atoms with Crippen molar-refractivity contribution in [3.05, 3.63) is 0 Å². The van der Waals surface area contributed by atoms with Gasteiger partial charge in [0.2, 0.25) is 0 Å². The van der Waals surface area contributed by atoms with Crippen LogP contribution < -0.4 is 0 Å². The quantitative estimate of drug-likeness (QED) is 0.791. The lowest BCUT2D eigenvalue weighted by Gasteiger charge is -2.24. The van der Waals surface area contributed by atoms with Crippen LogP contribution in [0.1, 0.15) is 26.2 Å². The molecule has 90 valence electrons. The summed E-state index contributed by atoms with van der Waals surface area (Å²) in [6.45, 7) is 3.33. The van der Waals surface area contributed by atoms with Gasteiger partial charge in [0.05, 0.1) is 6.61 Å². The Kier molecular flexibility index (Phi) is 4.40. The molecule has 1 aliphatic rings. The summed E-state index contributed by atoms with van der Waals surface area (Å²) >= 11 is 0. The van der Waals surface area contributed by atoms with E-state index in [2.05, 4.69) is 0 Å². The SMILES string of the molecule is CC1CCN(CCCC(F)(F)F)C1CO. The van der Waals surface area contributed by atoms with Gasteiger partial charge in [0.1, 0.15) is 0 Å². The molecular formula is C10H18F3NO. The lowest BCUT2D eigenvalue weighted by molar-refractivity contribution is -0.136. The number of likely N-dealkylation sites (tertiary alicyclic amines) is 1. The molecule has 0 spiro atoms. The van der Waals surface area contributed by atoms with Crippen molar-refractivity contribution in [1.82, 2.24) is 4.90 Å². The predicted octanol–water partition coefficient (Wildman–Crippen LogP) is 2.03. The van der Waals surface area contributed by atoms with Crippen molar-refractivity contribution in [3.63, 3.8) is 0 Å². The van der Waals surface area contributed by atoms with Crippen LogP contribution in [0.3, 0.4) is 0 Å². The van der Waals surface area contributed by atoms with Crippen LogP contribution in [0, 0.1) is 5.92 Å². The van der Waals surface area contributed by atoms with E-state index in [4.69, 9.17) is 5.11 Å². The second kappa shape index (κ2) is 5.16. The highest BCUT2D eigenvalue weighted by Crippen LogP contribution is 2.26. The first-order chi connectivity index (χ1) is 6.94. The van der Waals surface area contributed by atoms with Crippen LogP contribution >= 0.6 is 0 Å². The van der Waals surface area contributed by atoms with Gasteiger partial charge in [-0.25, -0.2) is 0 Å². The molecule has 0 radical (unpaired) electrons. The molecular weight excluding hydrogens is 207 g/mol. The third kappa shape index (κ3) is 3.99. The Morgan fingerprint density at radius 1 is 1.40 bits per heavy atom. The van der Waals surface area contributed by atoms with Gasteiger partial charge in [-0.3, -0.25) is 4.90 Å². The van der Waals surface area contributed by atoms with E-state index >= 15 is 0 Å². The van der Waals surface area contributed by atoms with Crippen molar-refractivity contribution in [2.45, 2.75) is 38.4 Å².